The number of nitrogens with zero attached hydrogens (tertiary/aromatic N) is 4. The molecule has 1 saturated heterocycles. The first-order chi connectivity index (χ1) is 23.5. The number of phosphoric ester groups is 3. The predicted octanol–water partition coefficient (Wildman–Crippen LogP) is -3.20. The summed E-state index contributed by atoms with van der Waals surface area (Å²) in [4.78, 5) is 83.9. The third kappa shape index (κ3) is 11.9. The number of hydrogen-bond donors (Lipinski definition) is 5. The summed E-state index contributed by atoms with van der Waals surface area (Å²) in [6, 6.07) is 0. The zero-order valence-electron chi connectivity index (χ0n) is 27.6. The number of carbonyl (C=O) groups excluding carboxylic acids is 2. The van der Waals surface area contributed by atoms with Gasteiger partial charge in [0.15, 0.2) is 17.2 Å². The van der Waals surface area contributed by atoms with Gasteiger partial charge in [0.25, 0.3) is 15.6 Å². The van der Waals surface area contributed by atoms with Gasteiger partial charge in [-0.25, -0.2) is 19.3 Å². The van der Waals surface area contributed by atoms with E-state index < -0.39 is 78.1 Å². The number of nitrogens with two attached hydrogens (primary N) is 1. The van der Waals surface area contributed by atoms with Gasteiger partial charge in [0.05, 0.1) is 27.4 Å². The van der Waals surface area contributed by atoms with Gasteiger partial charge in [-0.2, -0.15) is 11.8 Å². The van der Waals surface area contributed by atoms with Gasteiger partial charge in [-0.3, -0.25) is 23.3 Å². The van der Waals surface area contributed by atoms with Crippen molar-refractivity contribution in [3.63, 3.8) is 0 Å². The molecule has 1 aliphatic rings. The van der Waals surface area contributed by atoms with Crippen LogP contribution in [0.25, 0.3) is 11.2 Å². The van der Waals surface area contributed by atoms with Crippen LogP contribution in [0.2, 0.25) is 0 Å². The van der Waals surface area contributed by atoms with Gasteiger partial charge < -0.3 is 69.0 Å². The number of anilines is 1. The van der Waals surface area contributed by atoms with E-state index in [1.165, 1.54) is 20.8 Å². The van der Waals surface area contributed by atoms with E-state index in [4.69, 9.17) is 10.5 Å². The van der Waals surface area contributed by atoms with Crippen LogP contribution in [0, 0.1) is 5.41 Å². The molecule has 0 radical (unpaired) electrons. The van der Waals surface area contributed by atoms with E-state index in [2.05, 4.69) is 43.5 Å². The van der Waals surface area contributed by atoms with Crippen LogP contribution < -0.4 is 35.9 Å². The maximum Gasteiger partial charge on any atom is 0.274 e. The number of rotatable bonds is 20. The molecule has 2 amide bonds. The van der Waals surface area contributed by atoms with Crippen molar-refractivity contribution in [3.05, 3.63) is 12.7 Å². The number of hydrogen-bond acceptors (Lipinski definition) is 21. The van der Waals surface area contributed by atoms with Crippen molar-refractivity contribution in [2.45, 2.75) is 64.3 Å². The molecule has 0 aromatic carbocycles. The standard InChI is InChI=1S/C24H42N7O16P3S/c1-5-51-9-8-26-15(32)6-7-27-22(35)19(34)23(2,3)11-44-50(41,42)47-49(39,40)43-10-14-17(46-48(36,37)38)18(33)24(4,45-14)31-13-30-16-20(25)28-12-29-21(16)31/h12-14,17-19,33-34H,5-11H2,1-4H3,(H,26,32)(H,27,35)(H,39,40)(H,41,42)(H2,25,28,29)(H2,36,37,38)/p-4. The van der Waals surface area contributed by atoms with Gasteiger partial charge in [-0.1, -0.05) is 20.8 Å². The molecule has 0 spiro atoms. The lowest BCUT2D eigenvalue weighted by atomic mass is 9.87. The summed E-state index contributed by atoms with van der Waals surface area (Å²) in [7, 11) is -17.6. The Balaban J connectivity index is 1.60. The van der Waals surface area contributed by atoms with E-state index in [-0.39, 0.29) is 35.9 Å². The average molecular weight is 806 g/mol. The van der Waals surface area contributed by atoms with Crippen LogP contribution in [0.4, 0.5) is 5.82 Å². The van der Waals surface area contributed by atoms with Crippen LogP contribution in [0.5, 0.6) is 0 Å². The van der Waals surface area contributed by atoms with Gasteiger partial charge >= 0.3 is 0 Å². The highest BCUT2D eigenvalue weighted by atomic mass is 32.2. The van der Waals surface area contributed by atoms with Crippen molar-refractivity contribution in [2.24, 2.45) is 5.41 Å². The van der Waals surface area contributed by atoms with Crippen LogP contribution >= 0.6 is 35.2 Å². The number of amides is 2. The number of aliphatic hydroxyl groups excluding tert-OH is 2. The number of fused-ring (bicyclic) bond motifs is 1. The highest BCUT2D eigenvalue weighted by Gasteiger charge is 2.55. The Labute approximate surface area is 295 Å². The summed E-state index contributed by atoms with van der Waals surface area (Å²) in [6.07, 6.45) is -5.87. The second-order valence-electron chi connectivity index (χ2n) is 11.7. The molecule has 27 heteroatoms. The summed E-state index contributed by atoms with van der Waals surface area (Å²) >= 11 is 1.63. The number of aromatic nitrogens is 4. The molecule has 7 atom stereocenters. The van der Waals surface area contributed by atoms with Gasteiger partial charge in [0, 0.05) is 30.7 Å². The molecular weight excluding hydrogens is 767 g/mol. The predicted molar refractivity (Wildman–Crippen MR) is 168 cm³/mol. The largest absolute Gasteiger partial charge is 0.790 e. The Morgan fingerprint density at radius 3 is 2.45 bits per heavy atom. The SMILES string of the molecule is CCSCCNC(=O)CCNC(=O)C(O)C(C)(C)COP(=O)([O-])OP(=O)([O-])OCC1OC(C)(n2cnc3c(N)ncnc32)C(O)C1OP(=O)([O-])[O-]. The van der Waals surface area contributed by atoms with Crippen molar-refractivity contribution in [1.29, 1.82) is 0 Å². The molecule has 6 N–H and O–H groups in total. The smallest absolute Gasteiger partial charge is 0.274 e. The Kier molecular flexibility index (Phi) is 14.7. The van der Waals surface area contributed by atoms with Crippen molar-refractivity contribution in [2.75, 3.05) is 43.5 Å². The van der Waals surface area contributed by atoms with Crippen LogP contribution in [-0.4, -0.2) is 104 Å². The van der Waals surface area contributed by atoms with Gasteiger partial charge in [-0.05, 0) is 12.7 Å². The number of aliphatic hydroxyl groups is 2. The minimum Gasteiger partial charge on any atom is -0.790 e. The Hall–Kier alpha value is -2.11. The fourth-order valence-corrected chi connectivity index (χ4v) is 7.90. The summed E-state index contributed by atoms with van der Waals surface area (Å²) in [6.45, 7) is 3.65. The van der Waals surface area contributed by atoms with Crippen molar-refractivity contribution < 1.29 is 75.7 Å². The van der Waals surface area contributed by atoms with Crippen LogP contribution in [-0.2, 0) is 51.6 Å². The molecular formula is C24H38N7O16P3S-4. The molecule has 2 aromatic rings. The lowest BCUT2D eigenvalue weighted by molar-refractivity contribution is -0.347. The summed E-state index contributed by atoms with van der Waals surface area (Å²) in [5.74, 6) is 0.215. The molecule has 1 aliphatic heterocycles. The molecule has 0 aliphatic carbocycles. The van der Waals surface area contributed by atoms with E-state index in [1.807, 2.05) is 6.92 Å². The normalized spacial score (nSPS) is 24.2. The van der Waals surface area contributed by atoms with E-state index >= 15 is 0 Å². The second-order valence-corrected chi connectivity index (χ2v) is 17.2. The van der Waals surface area contributed by atoms with Crippen LogP contribution in [0.3, 0.4) is 0 Å². The lowest BCUT2D eigenvalue weighted by Gasteiger charge is -2.36. The maximum absolute atomic E-state index is 12.5. The molecule has 23 nitrogen and oxygen atoms in total. The van der Waals surface area contributed by atoms with E-state index in [0.717, 1.165) is 23.0 Å². The summed E-state index contributed by atoms with van der Waals surface area (Å²) in [5, 5.41) is 26.5. The Bertz CT molecular complexity index is 1680. The zero-order chi connectivity index (χ0) is 38.4. The first-order valence-electron chi connectivity index (χ1n) is 14.9. The molecule has 0 saturated carbocycles. The third-order valence-corrected chi connectivity index (χ3v) is 11.2. The molecule has 3 rings (SSSR count). The topological polar surface area (TPSA) is 358 Å². The molecule has 1 fully saturated rings. The number of thioether (sulfide) groups is 1. The fraction of sp³-hybridized carbons (Fsp3) is 0.708. The molecule has 0 bridgehead atoms. The number of phosphoric acid groups is 3. The van der Waals surface area contributed by atoms with Crippen LogP contribution in [0.15, 0.2) is 12.7 Å². The Morgan fingerprint density at radius 1 is 1.14 bits per heavy atom. The van der Waals surface area contributed by atoms with Gasteiger partial charge in [-0.15, -0.1) is 0 Å². The molecule has 7 unspecified atom stereocenters. The number of carbonyl (C=O) groups is 2. The van der Waals surface area contributed by atoms with Crippen LogP contribution in [0.1, 0.15) is 34.1 Å². The van der Waals surface area contributed by atoms with Crippen molar-refractivity contribution in [3.8, 4) is 0 Å². The number of nitrogen functional groups attached to an aromatic ring is 1. The maximum atomic E-state index is 12.5. The van der Waals surface area contributed by atoms with Gasteiger partial charge in [0.2, 0.25) is 11.8 Å². The van der Waals surface area contributed by atoms with Crippen molar-refractivity contribution in [1.82, 2.24) is 30.2 Å². The number of ether oxygens (including phenoxy) is 1. The molecule has 51 heavy (non-hydrogen) atoms. The molecule has 3 heterocycles. The summed E-state index contributed by atoms with van der Waals surface area (Å²) < 4.78 is 60.9. The van der Waals surface area contributed by atoms with E-state index in [9.17, 15) is 53.1 Å². The minimum absolute atomic E-state index is 0.0236. The highest BCUT2D eigenvalue weighted by molar-refractivity contribution is 7.99. The van der Waals surface area contributed by atoms with E-state index in [1.54, 1.807) is 11.8 Å². The fourth-order valence-electron chi connectivity index (χ4n) is 4.64. The monoisotopic (exact) mass is 805 g/mol. The quantitative estimate of drug-likeness (QED) is 0.0650. The van der Waals surface area contributed by atoms with Gasteiger partial charge in [0.1, 0.15) is 36.3 Å². The first-order valence-corrected chi connectivity index (χ1v) is 20.5. The number of imidazole rings is 1. The molecule has 290 valence electrons. The average Bonchev–Trinajstić information content (AvgIpc) is 3.56. The van der Waals surface area contributed by atoms with Crippen molar-refractivity contribution >= 4 is 64.0 Å². The third-order valence-electron chi connectivity index (χ3n) is 7.31. The van der Waals surface area contributed by atoms with E-state index in [0.29, 0.717) is 12.3 Å². The molecule has 2 aromatic heterocycles. The second kappa shape index (κ2) is 17.4. The first kappa shape index (κ1) is 43.3. The zero-order valence-corrected chi connectivity index (χ0v) is 31.1. The summed E-state index contributed by atoms with van der Waals surface area (Å²) in [5.41, 5.74) is 2.09. The number of nitrogens with one attached hydrogen (secondary N) is 2. The lowest BCUT2D eigenvalue weighted by Crippen LogP contribution is -2.46. The Morgan fingerprint density at radius 2 is 1.80 bits per heavy atom. The minimum atomic E-state index is -5.90. The highest BCUT2D eigenvalue weighted by Crippen LogP contribution is 2.56.